The number of allylic oxidation sites excluding steroid dienone is 1. The van der Waals surface area contributed by atoms with Crippen LogP contribution in [0.5, 0.6) is 5.75 Å². The van der Waals surface area contributed by atoms with E-state index < -0.39 is 35.0 Å². The molecule has 0 aromatic heterocycles. The molecule has 7 heteroatoms. The van der Waals surface area contributed by atoms with Crippen molar-refractivity contribution in [1.82, 2.24) is 5.32 Å². The van der Waals surface area contributed by atoms with E-state index in [1.807, 2.05) is 33.8 Å². The maximum absolute atomic E-state index is 14.1. The number of ether oxygens (including phenoxy) is 1. The van der Waals surface area contributed by atoms with Crippen molar-refractivity contribution in [2.45, 2.75) is 103 Å². The summed E-state index contributed by atoms with van der Waals surface area (Å²) in [6.07, 6.45) is 9.16. The molecule has 0 saturated carbocycles. The van der Waals surface area contributed by atoms with Gasteiger partial charge >= 0.3 is 5.97 Å². The van der Waals surface area contributed by atoms with E-state index in [0.717, 1.165) is 31.2 Å². The molecule has 0 saturated heterocycles. The van der Waals surface area contributed by atoms with E-state index >= 15 is 0 Å². The summed E-state index contributed by atoms with van der Waals surface area (Å²) in [6, 6.07) is 4.51. The minimum Gasteiger partial charge on any atom is -0.426 e. The molecule has 1 aromatic carbocycles. The molecule has 7 nitrogen and oxygen atoms in total. The van der Waals surface area contributed by atoms with Gasteiger partial charge in [0.15, 0.2) is 11.3 Å². The molecular weight excluding hydrogens is 468 g/mol. The Hall–Kier alpha value is -3.06. The molecule has 1 aromatic rings. The number of nitrogens with two attached hydrogens (primary N) is 1. The van der Waals surface area contributed by atoms with Crippen molar-refractivity contribution in [3.8, 4) is 5.75 Å². The first kappa shape index (κ1) is 28.5. The lowest BCUT2D eigenvalue weighted by atomic mass is 9.81. The van der Waals surface area contributed by atoms with Crippen molar-refractivity contribution in [3.05, 3.63) is 52.6 Å². The van der Waals surface area contributed by atoms with Crippen LogP contribution >= 0.6 is 0 Å². The highest BCUT2D eigenvalue weighted by atomic mass is 16.5. The van der Waals surface area contributed by atoms with Gasteiger partial charge in [-0.15, -0.1) is 0 Å². The van der Waals surface area contributed by atoms with E-state index in [2.05, 4.69) is 5.32 Å². The van der Waals surface area contributed by atoms with Gasteiger partial charge in [-0.1, -0.05) is 77.7 Å². The molecular formula is C30H40N2O5. The largest absolute Gasteiger partial charge is 0.426 e. The van der Waals surface area contributed by atoms with Crippen LogP contribution in [0.15, 0.2) is 41.5 Å². The number of esters is 1. The molecule has 2 aliphatic carbocycles. The van der Waals surface area contributed by atoms with Crippen LogP contribution in [0.3, 0.4) is 0 Å². The van der Waals surface area contributed by atoms with Gasteiger partial charge in [0.25, 0.3) is 0 Å². The molecule has 3 N–H and O–H groups in total. The van der Waals surface area contributed by atoms with Gasteiger partial charge in [-0.05, 0) is 36.8 Å². The summed E-state index contributed by atoms with van der Waals surface area (Å²) < 4.78 is 5.81. The Morgan fingerprint density at radius 1 is 1.05 bits per heavy atom. The van der Waals surface area contributed by atoms with E-state index in [1.165, 1.54) is 0 Å². The standard InChI is InChI=1S/C30H40N2O5/c1-5-7-9-14-25(33)32-30(28(35)21-12-11-13-23(31)27(21)29(30)36)22-17-16-20(19(3)4)18-24(22)37-26(34)15-10-8-6-2/h11-12,16-19,23H,5-10,13-15,31H2,1-4H3,(H,32,33). The summed E-state index contributed by atoms with van der Waals surface area (Å²) in [5, 5.41) is 2.80. The topological polar surface area (TPSA) is 116 Å². The van der Waals surface area contributed by atoms with Gasteiger partial charge < -0.3 is 15.8 Å². The van der Waals surface area contributed by atoms with Crippen molar-refractivity contribution in [2.75, 3.05) is 0 Å². The summed E-state index contributed by atoms with van der Waals surface area (Å²) in [6.45, 7) is 8.09. The fraction of sp³-hybridized carbons (Fsp3) is 0.533. The van der Waals surface area contributed by atoms with Crippen LogP contribution < -0.4 is 15.8 Å². The molecule has 0 spiro atoms. The quantitative estimate of drug-likeness (QED) is 0.179. The Balaban J connectivity index is 2.12. The van der Waals surface area contributed by atoms with E-state index in [-0.39, 0.29) is 41.2 Å². The van der Waals surface area contributed by atoms with Gasteiger partial charge in [0, 0.05) is 35.6 Å². The molecule has 3 rings (SSSR count). The Morgan fingerprint density at radius 2 is 1.73 bits per heavy atom. The third-order valence-electron chi connectivity index (χ3n) is 7.12. The highest BCUT2D eigenvalue weighted by molar-refractivity contribution is 6.34. The van der Waals surface area contributed by atoms with Crippen LogP contribution in [0.1, 0.15) is 103 Å². The van der Waals surface area contributed by atoms with Crippen molar-refractivity contribution < 1.29 is 23.9 Å². The van der Waals surface area contributed by atoms with Gasteiger partial charge in [0.05, 0.1) is 0 Å². The van der Waals surface area contributed by atoms with Crippen LogP contribution in [0.4, 0.5) is 0 Å². The van der Waals surface area contributed by atoms with Crippen LogP contribution in [-0.2, 0) is 24.7 Å². The predicted octanol–water partition coefficient (Wildman–Crippen LogP) is 4.92. The summed E-state index contributed by atoms with van der Waals surface area (Å²) in [7, 11) is 0. The minimum absolute atomic E-state index is 0.115. The first-order valence-corrected chi connectivity index (χ1v) is 13.6. The Morgan fingerprint density at radius 3 is 2.35 bits per heavy atom. The molecule has 0 heterocycles. The van der Waals surface area contributed by atoms with Crippen LogP contribution in [0, 0.1) is 0 Å². The molecule has 0 bridgehead atoms. The van der Waals surface area contributed by atoms with Crippen molar-refractivity contribution >= 4 is 23.4 Å². The Kier molecular flexibility index (Phi) is 9.60. The number of nitrogens with one attached hydrogen (secondary N) is 1. The van der Waals surface area contributed by atoms with Gasteiger partial charge in [-0.25, -0.2) is 0 Å². The third-order valence-corrected chi connectivity index (χ3v) is 7.12. The number of rotatable bonds is 12. The number of carbonyl (C=O) groups excluding carboxylic acids is 4. The van der Waals surface area contributed by atoms with Crippen LogP contribution in [-0.4, -0.2) is 29.5 Å². The van der Waals surface area contributed by atoms with Crippen LogP contribution in [0.2, 0.25) is 0 Å². The van der Waals surface area contributed by atoms with Crippen molar-refractivity contribution in [1.29, 1.82) is 0 Å². The highest BCUT2D eigenvalue weighted by Crippen LogP contribution is 2.44. The monoisotopic (exact) mass is 508 g/mol. The summed E-state index contributed by atoms with van der Waals surface area (Å²) in [5.41, 5.74) is 5.74. The second-order valence-electron chi connectivity index (χ2n) is 10.3. The van der Waals surface area contributed by atoms with E-state index in [1.54, 1.807) is 24.3 Å². The zero-order chi connectivity index (χ0) is 27.2. The summed E-state index contributed by atoms with van der Waals surface area (Å²) in [5.74, 6) is -1.69. The van der Waals surface area contributed by atoms with E-state index in [4.69, 9.17) is 10.5 Å². The molecule has 0 radical (unpaired) electrons. The van der Waals surface area contributed by atoms with Gasteiger partial charge in [0.1, 0.15) is 5.75 Å². The number of hydrogen-bond acceptors (Lipinski definition) is 6. The van der Waals surface area contributed by atoms with Crippen LogP contribution in [0.25, 0.3) is 0 Å². The summed E-state index contributed by atoms with van der Waals surface area (Å²) >= 11 is 0. The zero-order valence-electron chi connectivity index (χ0n) is 22.5. The van der Waals surface area contributed by atoms with Gasteiger partial charge in [0.2, 0.25) is 11.7 Å². The Bertz CT molecular complexity index is 1120. The molecule has 37 heavy (non-hydrogen) atoms. The SMILES string of the molecule is CCCCCC(=O)NC1(c2ccc(C(C)C)cc2OC(=O)CCCCC)C(=O)C2=C(C1=O)C(N)CC=C2. The number of hydrogen-bond donors (Lipinski definition) is 2. The number of Topliss-reactive ketones (excluding diaryl/α,β-unsaturated/α-hetero) is 2. The molecule has 2 aliphatic rings. The number of unbranched alkanes of at least 4 members (excludes halogenated alkanes) is 4. The van der Waals surface area contributed by atoms with Crippen molar-refractivity contribution in [2.24, 2.45) is 5.73 Å². The second kappa shape index (κ2) is 12.5. The molecule has 2 atom stereocenters. The molecule has 0 fully saturated rings. The van der Waals surface area contributed by atoms with E-state index in [0.29, 0.717) is 19.3 Å². The van der Waals surface area contributed by atoms with Gasteiger partial charge in [-0.3, -0.25) is 19.2 Å². The summed E-state index contributed by atoms with van der Waals surface area (Å²) in [4.78, 5) is 54.0. The lowest BCUT2D eigenvalue weighted by Gasteiger charge is -2.31. The normalized spacial score (nSPS) is 21.0. The maximum Gasteiger partial charge on any atom is 0.311 e. The minimum atomic E-state index is -2.02. The number of ketones is 2. The molecule has 200 valence electrons. The fourth-order valence-corrected chi connectivity index (χ4v) is 4.95. The maximum atomic E-state index is 14.1. The average molecular weight is 509 g/mol. The van der Waals surface area contributed by atoms with Crippen molar-refractivity contribution in [3.63, 3.8) is 0 Å². The molecule has 1 amide bonds. The van der Waals surface area contributed by atoms with E-state index in [9.17, 15) is 19.2 Å². The number of carbonyl (C=O) groups is 4. The first-order chi connectivity index (χ1) is 17.7. The average Bonchev–Trinajstić information content (AvgIpc) is 3.07. The molecule has 0 aliphatic heterocycles. The zero-order valence-corrected chi connectivity index (χ0v) is 22.5. The fourth-order valence-electron chi connectivity index (χ4n) is 4.95. The third kappa shape index (κ3) is 5.93. The highest BCUT2D eigenvalue weighted by Gasteiger charge is 2.58. The lowest BCUT2D eigenvalue weighted by molar-refractivity contribution is -0.138. The number of amides is 1. The first-order valence-electron chi connectivity index (χ1n) is 13.6. The van der Waals surface area contributed by atoms with Gasteiger partial charge in [-0.2, -0.15) is 0 Å². The number of benzene rings is 1. The molecule has 2 unspecified atom stereocenters. The lowest BCUT2D eigenvalue weighted by Crippen LogP contribution is -2.55. The second-order valence-corrected chi connectivity index (χ2v) is 10.3. The Labute approximate surface area is 219 Å². The predicted molar refractivity (Wildman–Crippen MR) is 143 cm³/mol. The smallest absolute Gasteiger partial charge is 0.311 e.